The molecule has 0 saturated carbocycles. The van der Waals surface area contributed by atoms with Crippen LogP contribution in [-0.2, 0) is 0 Å². The predicted molar refractivity (Wildman–Crippen MR) is 75.3 cm³/mol. The van der Waals surface area contributed by atoms with E-state index in [1.165, 1.54) is 0 Å². The molecule has 0 aromatic carbocycles. The zero-order chi connectivity index (χ0) is 12.6. The molecule has 0 aromatic heterocycles. The van der Waals surface area contributed by atoms with E-state index in [1.54, 1.807) is 0 Å². The summed E-state index contributed by atoms with van der Waals surface area (Å²) in [5.41, 5.74) is 17.1. The summed E-state index contributed by atoms with van der Waals surface area (Å²) in [6.07, 6.45) is 1.39. The van der Waals surface area contributed by atoms with E-state index in [4.69, 9.17) is 11.5 Å². The van der Waals surface area contributed by atoms with Gasteiger partial charge in [0.05, 0.1) is 11.4 Å². The van der Waals surface area contributed by atoms with Crippen LogP contribution in [0.5, 0.6) is 0 Å². The summed E-state index contributed by atoms with van der Waals surface area (Å²) in [7, 11) is 0. The second kappa shape index (κ2) is 7.94. The first-order valence-corrected chi connectivity index (χ1v) is 5.57. The Balaban J connectivity index is 4.74. The third-order valence-electron chi connectivity index (χ3n) is 1.61. The fraction of sp³-hybridized carbons (Fsp3) is 0.500. The van der Waals surface area contributed by atoms with Crippen molar-refractivity contribution in [3.05, 3.63) is 0 Å². The van der Waals surface area contributed by atoms with Crippen molar-refractivity contribution in [1.29, 1.82) is 0 Å². The van der Waals surface area contributed by atoms with Crippen molar-refractivity contribution in [3.63, 3.8) is 0 Å². The van der Waals surface area contributed by atoms with Gasteiger partial charge in [-0.1, -0.05) is 13.8 Å². The highest BCUT2D eigenvalue weighted by Crippen LogP contribution is 1.94. The highest BCUT2D eigenvalue weighted by Gasteiger charge is 2.05. The number of hydrogen-bond donors (Lipinski definition) is 4. The smallest absolute Gasteiger partial charge is 0.184 e. The molecule has 6 nitrogen and oxygen atoms in total. The van der Waals surface area contributed by atoms with E-state index in [0.29, 0.717) is 12.8 Å². The number of nitrogens with one attached hydrogen (secondary N) is 2. The first-order valence-electron chi connectivity index (χ1n) is 4.75. The topological polar surface area (TPSA) is 101 Å². The van der Waals surface area contributed by atoms with E-state index in [2.05, 4.69) is 45.5 Å². The van der Waals surface area contributed by atoms with Gasteiger partial charge in [0.1, 0.15) is 0 Å². The lowest BCUT2D eigenvalue weighted by atomic mass is 10.1. The Labute approximate surface area is 106 Å². The van der Waals surface area contributed by atoms with Crippen LogP contribution < -0.4 is 22.3 Å². The first-order chi connectivity index (χ1) is 7.51. The molecular weight excluding hydrogens is 244 g/mol. The van der Waals surface area contributed by atoms with Gasteiger partial charge in [0.15, 0.2) is 10.2 Å². The molecule has 0 radical (unpaired) electrons. The molecule has 16 heavy (non-hydrogen) atoms. The van der Waals surface area contributed by atoms with E-state index in [9.17, 15) is 0 Å². The average molecular weight is 260 g/mol. The molecule has 90 valence electrons. The largest absolute Gasteiger partial charge is 0.375 e. The number of nitrogens with zero attached hydrogens (tertiary/aromatic N) is 2. The molecule has 0 fully saturated rings. The lowest BCUT2D eigenvalue weighted by Gasteiger charge is -2.06. The van der Waals surface area contributed by atoms with Crippen LogP contribution in [0.15, 0.2) is 10.2 Å². The van der Waals surface area contributed by atoms with Gasteiger partial charge in [-0.15, -0.1) is 0 Å². The molecule has 0 rings (SSSR count). The van der Waals surface area contributed by atoms with Crippen molar-refractivity contribution in [3.8, 4) is 0 Å². The lowest BCUT2D eigenvalue weighted by molar-refractivity contribution is 0.995. The van der Waals surface area contributed by atoms with Crippen LogP contribution in [0.2, 0.25) is 0 Å². The summed E-state index contributed by atoms with van der Waals surface area (Å²) in [5.74, 6) is 0. The van der Waals surface area contributed by atoms with Crippen molar-refractivity contribution in [2.75, 3.05) is 0 Å². The number of rotatable bonds is 5. The van der Waals surface area contributed by atoms with E-state index < -0.39 is 0 Å². The monoisotopic (exact) mass is 260 g/mol. The Morgan fingerprint density at radius 3 is 1.44 bits per heavy atom. The molecule has 0 aromatic rings. The lowest BCUT2D eigenvalue weighted by Crippen LogP contribution is -2.30. The Morgan fingerprint density at radius 1 is 0.938 bits per heavy atom. The van der Waals surface area contributed by atoms with Crippen LogP contribution in [0.1, 0.15) is 26.7 Å². The van der Waals surface area contributed by atoms with Gasteiger partial charge in [0.2, 0.25) is 0 Å². The van der Waals surface area contributed by atoms with Gasteiger partial charge in [0.25, 0.3) is 0 Å². The minimum absolute atomic E-state index is 0.115. The Kier molecular flexibility index (Phi) is 7.31. The Bertz CT molecular complexity index is 290. The van der Waals surface area contributed by atoms with Crippen LogP contribution in [0.4, 0.5) is 0 Å². The van der Waals surface area contributed by atoms with Crippen LogP contribution >= 0.6 is 24.4 Å². The molecule has 0 heterocycles. The molecule has 6 N–H and O–H groups in total. The van der Waals surface area contributed by atoms with Gasteiger partial charge in [-0.05, 0) is 37.3 Å². The summed E-state index contributed by atoms with van der Waals surface area (Å²) in [5, 5.41) is 8.30. The fourth-order valence-corrected chi connectivity index (χ4v) is 1.03. The van der Waals surface area contributed by atoms with E-state index in [0.717, 1.165) is 11.4 Å². The molecule has 0 unspecified atom stereocenters. The van der Waals surface area contributed by atoms with Gasteiger partial charge in [-0.3, -0.25) is 10.9 Å². The predicted octanol–water partition coefficient (Wildman–Crippen LogP) is 0.185. The molecule has 0 saturated heterocycles. The average Bonchev–Trinajstić information content (AvgIpc) is 2.22. The third-order valence-corrected chi connectivity index (χ3v) is 1.79. The standard InChI is InChI=1S/C8H16N6S2/c1-3-5(11-13-7(9)15)6(4-2)12-14-8(10)16/h3-4H2,1-2H3,(H3,9,13,15)(H3,10,14,16)/b11-5+,12-6+. The fourth-order valence-electron chi connectivity index (χ4n) is 0.940. The second-order valence-corrected chi connectivity index (χ2v) is 3.66. The molecule has 0 bridgehead atoms. The maximum absolute atomic E-state index is 5.28. The molecule has 0 atom stereocenters. The number of hydrazone groups is 2. The van der Waals surface area contributed by atoms with E-state index >= 15 is 0 Å². The first kappa shape index (κ1) is 14.7. The zero-order valence-electron chi connectivity index (χ0n) is 9.28. The van der Waals surface area contributed by atoms with Crippen molar-refractivity contribution in [2.45, 2.75) is 26.7 Å². The van der Waals surface area contributed by atoms with Crippen LogP contribution in [0.3, 0.4) is 0 Å². The Hall–Kier alpha value is -1.28. The van der Waals surface area contributed by atoms with Gasteiger partial charge in [-0.2, -0.15) is 10.2 Å². The minimum Gasteiger partial charge on any atom is -0.375 e. The van der Waals surface area contributed by atoms with Crippen LogP contribution in [0.25, 0.3) is 0 Å². The SMILES string of the molecule is CCC(=N\NC(N)=S)/C(CC)=N/NC(N)=S. The molecule has 0 aliphatic heterocycles. The number of hydrogen-bond acceptors (Lipinski definition) is 4. The molecular formula is C8H16N6S2. The third kappa shape index (κ3) is 6.25. The van der Waals surface area contributed by atoms with Crippen LogP contribution in [0, 0.1) is 0 Å². The maximum Gasteiger partial charge on any atom is 0.184 e. The summed E-state index contributed by atoms with van der Waals surface area (Å²) < 4.78 is 0. The minimum atomic E-state index is 0.115. The summed E-state index contributed by atoms with van der Waals surface area (Å²) in [6, 6.07) is 0. The quantitative estimate of drug-likeness (QED) is 0.320. The highest BCUT2D eigenvalue weighted by atomic mass is 32.1. The highest BCUT2D eigenvalue weighted by molar-refractivity contribution is 7.80. The van der Waals surface area contributed by atoms with Gasteiger partial charge < -0.3 is 11.5 Å². The summed E-state index contributed by atoms with van der Waals surface area (Å²) in [6.45, 7) is 3.90. The van der Waals surface area contributed by atoms with Crippen LogP contribution in [-0.4, -0.2) is 21.6 Å². The molecule has 0 aliphatic rings. The molecule has 0 amide bonds. The summed E-state index contributed by atoms with van der Waals surface area (Å²) in [4.78, 5) is 0. The zero-order valence-corrected chi connectivity index (χ0v) is 10.9. The maximum atomic E-state index is 5.28. The van der Waals surface area contributed by atoms with Crippen molar-refractivity contribution >= 4 is 46.1 Å². The van der Waals surface area contributed by atoms with Crippen molar-refractivity contribution in [2.24, 2.45) is 21.7 Å². The Morgan fingerprint density at radius 2 is 1.25 bits per heavy atom. The van der Waals surface area contributed by atoms with E-state index in [1.807, 2.05) is 13.8 Å². The molecule has 8 heteroatoms. The van der Waals surface area contributed by atoms with Crippen molar-refractivity contribution in [1.82, 2.24) is 10.9 Å². The van der Waals surface area contributed by atoms with E-state index in [-0.39, 0.29) is 10.2 Å². The molecule has 0 aliphatic carbocycles. The molecule has 0 spiro atoms. The second-order valence-electron chi connectivity index (χ2n) is 2.78. The number of thiocarbonyl (C=S) groups is 2. The van der Waals surface area contributed by atoms with Gasteiger partial charge in [-0.25, -0.2) is 0 Å². The number of nitrogens with two attached hydrogens (primary N) is 2. The summed E-state index contributed by atoms with van der Waals surface area (Å²) >= 11 is 9.31. The van der Waals surface area contributed by atoms with Gasteiger partial charge in [0, 0.05) is 0 Å². The van der Waals surface area contributed by atoms with Crippen molar-refractivity contribution < 1.29 is 0 Å². The normalized spacial score (nSPS) is 12.1. The van der Waals surface area contributed by atoms with Gasteiger partial charge >= 0.3 is 0 Å².